The maximum Gasteiger partial charge on any atom is 0.226 e. The molecule has 2 aromatic rings. The van der Waals surface area contributed by atoms with Crippen LogP contribution < -0.4 is 5.32 Å². The third-order valence-corrected chi connectivity index (χ3v) is 4.58. The third kappa shape index (κ3) is 4.93. The lowest BCUT2D eigenvalue weighted by atomic mass is 9.96. The van der Waals surface area contributed by atoms with Gasteiger partial charge in [-0.05, 0) is 18.4 Å². The Morgan fingerprint density at radius 1 is 1.36 bits per heavy atom. The van der Waals surface area contributed by atoms with Crippen LogP contribution in [0, 0.1) is 0 Å². The Morgan fingerprint density at radius 2 is 2.14 bits per heavy atom. The third-order valence-electron chi connectivity index (χ3n) is 3.54. The normalized spacial score (nSPS) is 12.1. The van der Waals surface area contributed by atoms with E-state index in [0.29, 0.717) is 19.4 Å². The topological polar surface area (TPSA) is 62.2 Å². The molecule has 0 saturated heterocycles. The van der Waals surface area contributed by atoms with Gasteiger partial charge in [-0.15, -0.1) is 11.3 Å². The zero-order chi connectivity index (χ0) is 15.8. The number of benzene rings is 1. The van der Waals surface area contributed by atoms with E-state index in [4.69, 9.17) is 0 Å². The molecule has 0 fully saturated rings. The van der Waals surface area contributed by atoms with E-state index in [1.54, 1.807) is 11.3 Å². The first-order valence-electron chi connectivity index (χ1n) is 7.58. The summed E-state index contributed by atoms with van der Waals surface area (Å²) < 4.78 is 0. The fourth-order valence-electron chi connectivity index (χ4n) is 2.32. The number of aromatic nitrogens is 1. The van der Waals surface area contributed by atoms with Gasteiger partial charge >= 0.3 is 0 Å². The Bertz CT molecular complexity index is 583. The van der Waals surface area contributed by atoms with E-state index in [-0.39, 0.29) is 18.4 Å². The van der Waals surface area contributed by atoms with E-state index in [9.17, 15) is 9.90 Å². The Kier molecular flexibility index (Phi) is 6.55. The van der Waals surface area contributed by atoms with Crippen molar-refractivity contribution in [2.45, 2.75) is 32.1 Å². The summed E-state index contributed by atoms with van der Waals surface area (Å²) in [6.45, 7) is 2.71. The molecule has 1 unspecified atom stereocenters. The standard InChI is InChI=1S/C17H22N2O2S/c1-2-17-19-15(12-22-17)10-16(21)18-11-14(8-9-20)13-6-4-3-5-7-13/h3-7,12,14,20H,2,8-11H2,1H3,(H,18,21). The number of aliphatic hydroxyl groups is 1. The zero-order valence-corrected chi connectivity index (χ0v) is 13.6. The summed E-state index contributed by atoms with van der Waals surface area (Å²) in [7, 11) is 0. The first-order chi connectivity index (χ1) is 10.7. The van der Waals surface area contributed by atoms with E-state index in [0.717, 1.165) is 22.7 Å². The van der Waals surface area contributed by atoms with Crippen molar-refractivity contribution < 1.29 is 9.90 Å². The number of amides is 1. The second-order valence-electron chi connectivity index (χ2n) is 5.19. The highest BCUT2D eigenvalue weighted by Crippen LogP contribution is 2.18. The van der Waals surface area contributed by atoms with Crippen LogP contribution in [-0.4, -0.2) is 29.1 Å². The lowest BCUT2D eigenvalue weighted by Crippen LogP contribution is -2.30. The first-order valence-corrected chi connectivity index (χ1v) is 8.46. The number of thiazole rings is 1. The van der Waals surface area contributed by atoms with Gasteiger partial charge in [0, 0.05) is 24.4 Å². The smallest absolute Gasteiger partial charge is 0.226 e. The molecule has 2 N–H and O–H groups in total. The van der Waals surface area contributed by atoms with Crippen LogP contribution in [0.1, 0.15) is 35.5 Å². The van der Waals surface area contributed by atoms with Gasteiger partial charge in [0.25, 0.3) is 0 Å². The van der Waals surface area contributed by atoms with Crippen LogP contribution in [0.5, 0.6) is 0 Å². The van der Waals surface area contributed by atoms with Gasteiger partial charge in [0.15, 0.2) is 0 Å². The second-order valence-corrected chi connectivity index (χ2v) is 6.13. The largest absolute Gasteiger partial charge is 0.396 e. The van der Waals surface area contributed by atoms with E-state index in [1.807, 2.05) is 35.7 Å². The predicted molar refractivity (Wildman–Crippen MR) is 89.1 cm³/mol. The summed E-state index contributed by atoms with van der Waals surface area (Å²) in [6.07, 6.45) is 1.86. The number of aryl methyl sites for hydroxylation is 1. The lowest BCUT2D eigenvalue weighted by molar-refractivity contribution is -0.120. The highest BCUT2D eigenvalue weighted by Gasteiger charge is 2.13. The Labute approximate surface area is 135 Å². The van der Waals surface area contributed by atoms with Gasteiger partial charge in [0.1, 0.15) is 0 Å². The van der Waals surface area contributed by atoms with Crippen molar-refractivity contribution in [3.63, 3.8) is 0 Å². The number of hydrogen-bond acceptors (Lipinski definition) is 4. The minimum atomic E-state index is -0.0215. The molecule has 0 aliphatic heterocycles. The fourth-order valence-corrected chi connectivity index (χ4v) is 3.07. The van der Waals surface area contributed by atoms with Gasteiger partial charge in [0.05, 0.1) is 17.1 Å². The lowest BCUT2D eigenvalue weighted by Gasteiger charge is -2.17. The predicted octanol–water partition coefficient (Wildman–Crippen LogP) is 2.53. The van der Waals surface area contributed by atoms with E-state index < -0.39 is 0 Å². The average Bonchev–Trinajstić information content (AvgIpc) is 3.00. The van der Waals surface area contributed by atoms with Crippen LogP contribution in [0.25, 0.3) is 0 Å². The quantitative estimate of drug-likeness (QED) is 0.786. The summed E-state index contributed by atoms with van der Waals surface area (Å²) in [5.41, 5.74) is 1.97. The monoisotopic (exact) mass is 318 g/mol. The first kappa shape index (κ1) is 16.6. The van der Waals surface area contributed by atoms with Crippen LogP contribution in [-0.2, 0) is 17.6 Å². The molecule has 2 rings (SSSR count). The molecule has 1 aromatic heterocycles. The van der Waals surface area contributed by atoms with Crippen LogP contribution in [0.15, 0.2) is 35.7 Å². The Morgan fingerprint density at radius 3 is 2.77 bits per heavy atom. The van der Waals surface area contributed by atoms with Gasteiger partial charge in [-0.2, -0.15) is 0 Å². The highest BCUT2D eigenvalue weighted by atomic mass is 32.1. The molecular formula is C17H22N2O2S. The molecule has 5 heteroatoms. The maximum absolute atomic E-state index is 12.0. The van der Waals surface area contributed by atoms with E-state index >= 15 is 0 Å². The molecular weight excluding hydrogens is 296 g/mol. The van der Waals surface area contributed by atoms with Crippen LogP contribution in [0.4, 0.5) is 0 Å². The zero-order valence-electron chi connectivity index (χ0n) is 12.8. The van der Waals surface area contributed by atoms with Gasteiger partial charge in [-0.1, -0.05) is 37.3 Å². The van der Waals surface area contributed by atoms with Gasteiger partial charge in [0.2, 0.25) is 5.91 Å². The molecule has 0 bridgehead atoms. The van der Waals surface area contributed by atoms with Crippen molar-refractivity contribution in [1.29, 1.82) is 0 Å². The molecule has 1 amide bonds. The Hall–Kier alpha value is -1.72. The molecule has 22 heavy (non-hydrogen) atoms. The van der Waals surface area contributed by atoms with Crippen molar-refractivity contribution in [2.24, 2.45) is 0 Å². The molecule has 4 nitrogen and oxygen atoms in total. The minimum absolute atomic E-state index is 0.0215. The van der Waals surface area contributed by atoms with Crippen LogP contribution in [0.2, 0.25) is 0 Å². The summed E-state index contributed by atoms with van der Waals surface area (Å²) >= 11 is 1.60. The molecule has 1 aromatic carbocycles. The van der Waals surface area contributed by atoms with Crippen LogP contribution in [0.3, 0.4) is 0 Å². The van der Waals surface area contributed by atoms with Crippen LogP contribution >= 0.6 is 11.3 Å². The van der Waals surface area contributed by atoms with Gasteiger partial charge in [-0.25, -0.2) is 4.98 Å². The average molecular weight is 318 g/mol. The highest BCUT2D eigenvalue weighted by molar-refractivity contribution is 7.09. The summed E-state index contributed by atoms with van der Waals surface area (Å²) in [5, 5.41) is 15.2. The number of aliphatic hydroxyl groups excluding tert-OH is 1. The van der Waals surface area contributed by atoms with E-state index in [2.05, 4.69) is 17.2 Å². The van der Waals surface area contributed by atoms with Crippen molar-refractivity contribution in [2.75, 3.05) is 13.2 Å². The molecule has 1 atom stereocenters. The van der Waals surface area contributed by atoms with Gasteiger partial charge < -0.3 is 10.4 Å². The van der Waals surface area contributed by atoms with E-state index in [1.165, 1.54) is 0 Å². The molecule has 0 spiro atoms. The molecule has 0 aliphatic rings. The van der Waals surface area contributed by atoms with Gasteiger partial charge in [-0.3, -0.25) is 4.79 Å². The molecule has 1 heterocycles. The minimum Gasteiger partial charge on any atom is -0.396 e. The van der Waals surface area contributed by atoms with Crippen molar-refractivity contribution in [3.05, 3.63) is 52.0 Å². The summed E-state index contributed by atoms with van der Waals surface area (Å²) in [6, 6.07) is 9.97. The number of nitrogens with one attached hydrogen (secondary N) is 1. The fraction of sp³-hybridized carbons (Fsp3) is 0.412. The van der Waals surface area contributed by atoms with Crippen molar-refractivity contribution >= 4 is 17.2 Å². The summed E-state index contributed by atoms with van der Waals surface area (Å²) in [4.78, 5) is 16.4. The summed E-state index contributed by atoms with van der Waals surface area (Å²) in [5.74, 6) is 0.114. The molecule has 118 valence electrons. The molecule has 0 radical (unpaired) electrons. The van der Waals surface area contributed by atoms with Crippen molar-refractivity contribution in [1.82, 2.24) is 10.3 Å². The number of carbonyl (C=O) groups is 1. The van der Waals surface area contributed by atoms with Crippen molar-refractivity contribution in [3.8, 4) is 0 Å². The molecule has 0 saturated carbocycles. The second kappa shape index (κ2) is 8.66. The molecule has 0 aliphatic carbocycles. The number of nitrogens with zero attached hydrogens (tertiary/aromatic N) is 1. The maximum atomic E-state index is 12.0. The SMILES string of the molecule is CCc1nc(CC(=O)NCC(CCO)c2ccccc2)cs1. The number of rotatable bonds is 8. The Balaban J connectivity index is 1.87. The number of hydrogen-bond donors (Lipinski definition) is 2. The number of carbonyl (C=O) groups excluding carboxylic acids is 1.